The second kappa shape index (κ2) is 8.79. The number of H-pyrrole nitrogens is 3. The third kappa shape index (κ3) is 4.12. The summed E-state index contributed by atoms with van der Waals surface area (Å²) in [6.07, 6.45) is 0. The highest BCUT2D eigenvalue weighted by molar-refractivity contribution is 6.34. The largest absolute Gasteiger partial charge is 0.493 e. The Balaban J connectivity index is 1.25. The highest BCUT2D eigenvalue weighted by atomic mass is 35.5. The van der Waals surface area contributed by atoms with Gasteiger partial charge in [-0.1, -0.05) is 66.2 Å². The number of rotatable bonds is 5. The van der Waals surface area contributed by atoms with Gasteiger partial charge < -0.3 is 19.8 Å². The summed E-state index contributed by atoms with van der Waals surface area (Å²) in [7, 11) is 0. The fourth-order valence-corrected chi connectivity index (χ4v) is 4.41. The SMILES string of the molecule is O=c1[nH]c(O)c(-c2ccc(Oc3nc4cc(-c5ccc(-c6ccccc6)cc5)c(Cl)cc4[nH]3)cc2)[nH]1. The van der Waals surface area contributed by atoms with Gasteiger partial charge in [0.25, 0.3) is 6.01 Å². The molecule has 2 heterocycles. The Labute approximate surface area is 210 Å². The molecule has 0 bridgehead atoms. The van der Waals surface area contributed by atoms with Gasteiger partial charge in [-0.25, -0.2) is 4.79 Å². The van der Waals surface area contributed by atoms with Crippen molar-refractivity contribution >= 4 is 22.6 Å². The molecule has 6 rings (SSSR count). The number of halogens is 1. The predicted octanol–water partition coefficient (Wildman–Crippen LogP) is 6.73. The first-order valence-electron chi connectivity index (χ1n) is 11.2. The topological polar surface area (TPSA) is 107 Å². The van der Waals surface area contributed by atoms with Gasteiger partial charge in [-0.05, 0) is 53.1 Å². The monoisotopic (exact) mass is 494 g/mol. The van der Waals surface area contributed by atoms with Crippen molar-refractivity contribution in [3.63, 3.8) is 0 Å². The number of nitrogens with zero attached hydrogens (tertiary/aromatic N) is 1. The van der Waals surface area contributed by atoms with E-state index in [2.05, 4.69) is 56.3 Å². The zero-order chi connectivity index (χ0) is 24.6. The molecule has 0 saturated carbocycles. The number of aromatic nitrogens is 4. The van der Waals surface area contributed by atoms with E-state index < -0.39 is 5.69 Å². The van der Waals surface area contributed by atoms with E-state index in [-0.39, 0.29) is 5.88 Å². The van der Waals surface area contributed by atoms with E-state index in [0.29, 0.717) is 28.0 Å². The van der Waals surface area contributed by atoms with Crippen LogP contribution in [0.4, 0.5) is 0 Å². The average Bonchev–Trinajstić information content (AvgIpc) is 3.45. The number of aromatic hydroxyl groups is 1. The molecule has 0 radical (unpaired) electrons. The van der Waals surface area contributed by atoms with Crippen LogP contribution in [0.5, 0.6) is 17.6 Å². The number of hydrogen-bond donors (Lipinski definition) is 4. The van der Waals surface area contributed by atoms with Crippen LogP contribution in [-0.4, -0.2) is 25.0 Å². The fourth-order valence-electron chi connectivity index (χ4n) is 4.13. The van der Waals surface area contributed by atoms with E-state index in [4.69, 9.17) is 16.3 Å². The number of ether oxygens (including phenoxy) is 1. The zero-order valence-electron chi connectivity index (χ0n) is 18.7. The van der Waals surface area contributed by atoms with E-state index in [1.54, 1.807) is 24.3 Å². The van der Waals surface area contributed by atoms with Crippen molar-refractivity contribution in [1.82, 2.24) is 19.9 Å². The van der Waals surface area contributed by atoms with Gasteiger partial charge in [0.05, 0.1) is 16.1 Å². The molecule has 0 amide bonds. The molecule has 0 saturated heterocycles. The first-order valence-corrected chi connectivity index (χ1v) is 11.6. The van der Waals surface area contributed by atoms with Gasteiger partial charge in [0.1, 0.15) is 11.4 Å². The minimum atomic E-state index is -0.477. The molecule has 8 heteroatoms. The molecule has 36 heavy (non-hydrogen) atoms. The Morgan fingerprint density at radius 1 is 0.750 bits per heavy atom. The lowest BCUT2D eigenvalue weighted by Gasteiger charge is -2.07. The van der Waals surface area contributed by atoms with Crippen LogP contribution in [0.15, 0.2) is 95.8 Å². The van der Waals surface area contributed by atoms with Crippen molar-refractivity contribution in [2.24, 2.45) is 0 Å². The first kappa shape index (κ1) is 21.8. The first-order chi connectivity index (χ1) is 17.5. The molecular weight excluding hydrogens is 476 g/mol. The van der Waals surface area contributed by atoms with Gasteiger partial charge in [0.2, 0.25) is 5.88 Å². The Morgan fingerprint density at radius 2 is 1.42 bits per heavy atom. The predicted molar refractivity (Wildman–Crippen MR) is 141 cm³/mol. The standard InChI is InChI=1S/C28H19ClN4O3/c29-22-15-24-23(14-21(22)18-8-6-17(7-9-18)16-4-2-1-3-5-16)30-28(31-24)36-20-12-10-19(11-13-20)25-26(34)33-27(35)32-25/h1-15,34H,(H,30,31)(H2,32,33,35). The van der Waals surface area contributed by atoms with Crippen molar-refractivity contribution in [3.05, 3.63) is 107 Å². The molecular formula is C28H19ClN4O3. The molecule has 176 valence electrons. The van der Waals surface area contributed by atoms with Crippen molar-refractivity contribution in [1.29, 1.82) is 0 Å². The van der Waals surface area contributed by atoms with Gasteiger partial charge in [-0.3, -0.25) is 4.98 Å². The Bertz CT molecular complexity index is 1730. The van der Waals surface area contributed by atoms with Crippen LogP contribution < -0.4 is 10.4 Å². The Kier molecular flexibility index (Phi) is 5.32. The van der Waals surface area contributed by atoms with E-state index >= 15 is 0 Å². The van der Waals surface area contributed by atoms with E-state index in [1.165, 1.54) is 0 Å². The molecule has 7 nitrogen and oxygen atoms in total. The summed E-state index contributed by atoms with van der Waals surface area (Å²) in [5.41, 5.74) is 6.12. The highest BCUT2D eigenvalue weighted by Gasteiger charge is 2.12. The molecule has 0 aliphatic heterocycles. The van der Waals surface area contributed by atoms with E-state index in [0.717, 1.165) is 33.3 Å². The van der Waals surface area contributed by atoms with Crippen LogP contribution in [0, 0.1) is 0 Å². The minimum absolute atomic E-state index is 0.214. The van der Waals surface area contributed by atoms with Crippen LogP contribution >= 0.6 is 11.6 Å². The highest BCUT2D eigenvalue weighted by Crippen LogP contribution is 2.34. The third-order valence-electron chi connectivity index (χ3n) is 5.92. The van der Waals surface area contributed by atoms with Gasteiger partial charge in [-0.15, -0.1) is 0 Å². The van der Waals surface area contributed by atoms with Crippen molar-refractivity contribution in [2.75, 3.05) is 0 Å². The molecule has 0 atom stereocenters. The van der Waals surface area contributed by atoms with Crippen LogP contribution in [0.3, 0.4) is 0 Å². The third-order valence-corrected chi connectivity index (χ3v) is 6.23. The molecule has 4 aromatic carbocycles. The Hall–Kier alpha value is -4.75. The summed E-state index contributed by atoms with van der Waals surface area (Å²) in [5.74, 6) is 0.325. The smallest absolute Gasteiger partial charge is 0.326 e. The van der Waals surface area contributed by atoms with Crippen molar-refractivity contribution < 1.29 is 9.84 Å². The number of benzene rings is 4. The molecule has 0 fully saturated rings. The maximum absolute atomic E-state index is 11.4. The lowest BCUT2D eigenvalue weighted by atomic mass is 10.00. The lowest BCUT2D eigenvalue weighted by molar-refractivity contribution is 0.449. The Morgan fingerprint density at radius 3 is 2.11 bits per heavy atom. The number of imidazole rings is 2. The molecule has 4 N–H and O–H groups in total. The summed E-state index contributed by atoms with van der Waals surface area (Å²) in [6, 6.07) is 29.5. The average molecular weight is 495 g/mol. The summed E-state index contributed by atoms with van der Waals surface area (Å²) in [6.45, 7) is 0. The number of hydrogen-bond acceptors (Lipinski definition) is 4. The molecule has 6 aromatic rings. The van der Waals surface area contributed by atoms with Crippen LogP contribution in [0.25, 0.3) is 44.5 Å². The van der Waals surface area contributed by atoms with Gasteiger partial charge in [0, 0.05) is 11.1 Å². The summed E-state index contributed by atoms with van der Waals surface area (Å²) < 4.78 is 5.89. The molecule has 0 aliphatic rings. The number of nitrogens with one attached hydrogen (secondary N) is 3. The summed E-state index contributed by atoms with van der Waals surface area (Å²) in [4.78, 5) is 23.9. The normalized spacial score (nSPS) is 11.1. The molecule has 0 spiro atoms. The minimum Gasteiger partial charge on any atom is -0.493 e. The maximum atomic E-state index is 11.4. The molecule has 0 unspecified atom stereocenters. The number of aromatic amines is 3. The molecule has 0 aliphatic carbocycles. The second-order valence-electron chi connectivity index (χ2n) is 8.26. The van der Waals surface area contributed by atoms with Crippen LogP contribution in [-0.2, 0) is 0 Å². The summed E-state index contributed by atoms with van der Waals surface area (Å²) in [5, 5.41) is 10.4. The summed E-state index contributed by atoms with van der Waals surface area (Å²) >= 11 is 6.62. The molecule has 2 aromatic heterocycles. The van der Waals surface area contributed by atoms with Crippen molar-refractivity contribution in [2.45, 2.75) is 0 Å². The number of fused-ring (bicyclic) bond motifs is 1. The van der Waals surface area contributed by atoms with Gasteiger partial charge in [0.15, 0.2) is 0 Å². The second-order valence-corrected chi connectivity index (χ2v) is 8.67. The maximum Gasteiger partial charge on any atom is 0.326 e. The zero-order valence-corrected chi connectivity index (χ0v) is 19.5. The lowest BCUT2D eigenvalue weighted by Crippen LogP contribution is -2.00. The van der Waals surface area contributed by atoms with Gasteiger partial charge >= 0.3 is 5.69 Å². The van der Waals surface area contributed by atoms with Gasteiger partial charge in [-0.2, -0.15) is 4.98 Å². The van der Waals surface area contributed by atoms with Crippen molar-refractivity contribution in [3.8, 4) is 51.2 Å². The quantitative estimate of drug-likeness (QED) is 0.213. The van der Waals surface area contributed by atoms with Crippen LogP contribution in [0.2, 0.25) is 5.02 Å². The van der Waals surface area contributed by atoms with E-state index in [9.17, 15) is 9.90 Å². The van der Waals surface area contributed by atoms with E-state index in [1.807, 2.05) is 30.3 Å². The fraction of sp³-hybridized carbons (Fsp3) is 0. The van der Waals surface area contributed by atoms with Crippen LogP contribution in [0.1, 0.15) is 0 Å².